The number of rotatable bonds is 3. The Labute approximate surface area is 68.5 Å². The highest BCUT2D eigenvalue weighted by molar-refractivity contribution is 9.12. The fraction of sp³-hybridized carbons (Fsp3) is 0.143. The standard InChI is InChI=1S/C7H8BrNO/c1-3-4-6(8)7(5-10)9-2/h3-5H,1H2,2H3/b6-4+,9-7?. The van der Waals surface area contributed by atoms with Crippen LogP contribution in [-0.4, -0.2) is 19.0 Å². The molecule has 0 amide bonds. The van der Waals surface area contributed by atoms with Gasteiger partial charge in [0.2, 0.25) is 0 Å². The number of nitrogens with zero attached hydrogens (tertiary/aromatic N) is 1. The van der Waals surface area contributed by atoms with Gasteiger partial charge in [-0.3, -0.25) is 9.79 Å². The second-order valence-electron chi connectivity index (χ2n) is 1.48. The van der Waals surface area contributed by atoms with E-state index in [1.165, 1.54) is 0 Å². The number of hydrogen-bond acceptors (Lipinski definition) is 2. The summed E-state index contributed by atoms with van der Waals surface area (Å²) in [5.74, 6) is 0. The largest absolute Gasteiger partial charge is 0.296 e. The summed E-state index contributed by atoms with van der Waals surface area (Å²) in [6.45, 7) is 3.47. The van der Waals surface area contributed by atoms with Gasteiger partial charge in [0.15, 0.2) is 6.29 Å². The van der Waals surface area contributed by atoms with E-state index in [0.717, 1.165) is 0 Å². The van der Waals surface area contributed by atoms with Gasteiger partial charge in [0.05, 0.1) is 0 Å². The SMILES string of the molecule is C=C/C=C(/Br)C(C=O)=NC. The van der Waals surface area contributed by atoms with Crippen LogP contribution in [0.5, 0.6) is 0 Å². The van der Waals surface area contributed by atoms with Gasteiger partial charge in [-0.2, -0.15) is 0 Å². The zero-order valence-corrected chi connectivity index (χ0v) is 7.26. The van der Waals surface area contributed by atoms with E-state index in [-0.39, 0.29) is 0 Å². The van der Waals surface area contributed by atoms with Crippen LogP contribution < -0.4 is 0 Å². The molecule has 2 nitrogen and oxygen atoms in total. The van der Waals surface area contributed by atoms with Crippen molar-refractivity contribution in [2.75, 3.05) is 7.05 Å². The van der Waals surface area contributed by atoms with E-state index in [1.54, 1.807) is 19.2 Å². The van der Waals surface area contributed by atoms with Crippen LogP contribution in [0.3, 0.4) is 0 Å². The van der Waals surface area contributed by atoms with Crippen molar-refractivity contribution in [1.29, 1.82) is 0 Å². The topological polar surface area (TPSA) is 29.4 Å². The maximum Gasteiger partial charge on any atom is 0.169 e. The fourth-order valence-electron chi connectivity index (χ4n) is 0.405. The van der Waals surface area contributed by atoms with Crippen LogP contribution in [-0.2, 0) is 4.79 Å². The van der Waals surface area contributed by atoms with Crippen molar-refractivity contribution >= 4 is 27.9 Å². The molecule has 0 radical (unpaired) electrons. The Morgan fingerprint density at radius 1 is 1.70 bits per heavy atom. The minimum atomic E-state index is 0.389. The van der Waals surface area contributed by atoms with Crippen molar-refractivity contribution in [1.82, 2.24) is 0 Å². The molecule has 54 valence electrons. The van der Waals surface area contributed by atoms with Gasteiger partial charge in [0.1, 0.15) is 5.71 Å². The summed E-state index contributed by atoms with van der Waals surface area (Å²) >= 11 is 3.15. The quantitative estimate of drug-likeness (QED) is 0.389. The normalized spacial score (nSPS) is 13.0. The van der Waals surface area contributed by atoms with Crippen molar-refractivity contribution in [3.05, 3.63) is 23.2 Å². The summed E-state index contributed by atoms with van der Waals surface area (Å²) in [6.07, 6.45) is 3.93. The number of allylic oxidation sites excluding steroid dienone is 3. The first-order chi connectivity index (χ1) is 4.76. The van der Waals surface area contributed by atoms with Crippen LogP contribution in [0.15, 0.2) is 28.2 Å². The molecule has 10 heavy (non-hydrogen) atoms. The molecule has 0 saturated carbocycles. The maximum atomic E-state index is 10.2. The van der Waals surface area contributed by atoms with Gasteiger partial charge in [-0.25, -0.2) is 0 Å². The number of carbonyl (C=O) groups is 1. The molecule has 0 spiro atoms. The molecule has 0 heterocycles. The highest BCUT2D eigenvalue weighted by Gasteiger charge is 1.97. The first kappa shape index (κ1) is 9.30. The second kappa shape index (κ2) is 5.11. The third-order valence-corrected chi connectivity index (χ3v) is 1.53. The Morgan fingerprint density at radius 3 is 2.60 bits per heavy atom. The Hall–Kier alpha value is -0.700. The predicted molar refractivity (Wildman–Crippen MR) is 46.6 cm³/mol. The zero-order valence-electron chi connectivity index (χ0n) is 5.67. The zero-order chi connectivity index (χ0) is 7.98. The summed E-state index contributed by atoms with van der Waals surface area (Å²) in [4.78, 5) is 13.9. The Kier molecular flexibility index (Phi) is 4.76. The molecule has 0 bridgehead atoms. The molecular formula is C7H8BrNO. The maximum absolute atomic E-state index is 10.2. The van der Waals surface area contributed by atoms with E-state index in [0.29, 0.717) is 16.5 Å². The molecule has 0 aliphatic rings. The Balaban J connectivity index is 4.45. The van der Waals surface area contributed by atoms with Gasteiger partial charge in [0, 0.05) is 11.5 Å². The number of halogens is 1. The average molecular weight is 202 g/mol. The molecule has 0 fully saturated rings. The highest BCUT2D eigenvalue weighted by Crippen LogP contribution is 2.05. The smallest absolute Gasteiger partial charge is 0.169 e. The third kappa shape index (κ3) is 2.73. The summed E-state index contributed by atoms with van der Waals surface area (Å²) < 4.78 is 0.653. The van der Waals surface area contributed by atoms with Crippen molar-refractivity contribution in [2.45, 2.75) is 0 Å². The first-order valence-corrected chi connectivity index (χ1v) is 3.46. The van der Waals surface area contributed by atoms with E-state index in [4.69, 9.17) is 0 Å². The van der Waals surface area contributed by atoms with Crippen LogP contribution in [0.25, 0.3) is 0 Å². The number of carbonyl (C=O) groups excluding carboxylic acids is 1. The van der Waals surface area contributed by atoms with Crippen molar-refractivity contribution < 1.29 is 4.79 Å². The summed E-state index contributed by atoms with van der Waals surface area (Å²) in [7, 11) is 1.56. The monoisotopic (exact) mass is 201 g/mol. The molecule has 0 aliphatic carbocycles. The van der Waals surface area contributed by atoms with Gasteiger partial charge in [0.25, 0.3) is 0 Å². The molecule has 3 heteroatoms. The number of aliphatic imine (C=N–C) groups is 1. The van der Waals surface area contributed by atoms with Gasteiger partial charge in [-0.05, 0) is 22.0 Å². The van der Waals surface area contributed by atoms with E-state index >= 15 is 0 Å². The minimum Gasteiger partial charge on any atom is -0.296 e. The lowest BCUT2D eigenvalue weighted by molar-refractivity contribution is -0.102. The van der Waals surface area contributed by atoms with Crippen LogP contribution >= 0.6 is 15.9 Å². The predicted octanol–water partition coefficient (Wildman–Crippen LogP) is 1.72. The summed E-state index contributed by atoms with van der Waals surface area (Å²) in [5, 5.41) is 0. The Bertz CT molecular complexity index is 194. The lowest BCUT2D eigenvalue weighted by atomic mass is 10.3. The lowest BCUT2D eigenvalue weighted by Gasteiger charge is -1.90. The van der Waals surface area contributed by atoms with Crippen molar-refractivity contribution in [2.24, 2.45) is 4.99 Å². The molecule has 0 rings (SSSR count). The molecule has 0 unspecified atom stereocenters. The van der Waals surface area contributed by atoms with Crippen molar-refractivity contribution in [3.63, 3.8) is 0 Å². The molecule has 0 aromatic rings. The fourth-order valence-corrected chi connectivity index (χ4v) is 0.862. The van der Waals surface area contributed by atoms with Gasteiger partial charge in [-0.15, -0.1) is 0 Å². The molecule has 0 aromatic carbocycles. The summed E-state index contributed by atoms with van der Waals surface area (Å²) in [6, 6.07) is 0. The summed E-state index contributed by atoms with van der Waals surface area (Å²) in [5.41, 5.74) is 0.389. The van der Waals surface area contributed by atoms with E-state index in [1.807, 2.05) is 0 Å². The van der Waals surface area contributed by atoms with E-state index in [2.05, 4.69) is 27.5 Å². The van der Waals surface area contributed by atoms with Crippen LogP contribution in [0, 0.1) is 0 Å². The van der Waals surface area contributed by atoms with Crippen LogP contribution in [0.2, 0.25) is 0 Å². The first-order valence-electron chi connectivity index (χ1n) is 2.66. The van der Waals surface area contributed by atoms with Gasteiger partial charge >= 0.3 is 0 Å². The van der Waals surface area contributed by atoms with Crippen LogP contribution in [0.1, 0.15) is 0 Å². The van der Waals surface area contributed by atoms with E-state index < -0.39 is 0 Å². The molecule has 0 saturated heterocycles. The van der Waals surface area contributed by atoms with Gasteiger partial charge < -0.3 is 0 Å². The number of aldehydes is 1. The molecule has 0 atom stereocenters. The van der Waals surface area contributed by atoms with E-state index in [9.17, 15) is 4.79 Å². The second-order valence-corrected chi connectivity index (χ2v) is 2.33. The molecular weight excluding hydrogens is 194 g/mol. The Morgan fingerprint density at radius 2 is 2.30 bits per heavy atom. The third-order valence-electron chi connectivity index (χ3n) is 0.861. The number of hydrogen-bond donors (Lipinski definition) is 0. The van der Waals surface area contributed by atoms with Gasteiger partial charge in [-0.1, -0.05) is 12.7 Å². The molecule has 0 N–H and O–H groups in total. The molecule has 0 aromatic heterocycles. The van der Waals surface area contributed by atoms with Crippen LogP contribution in [0.4, 0.5) is 0 Å². The molecule has 0 aliphatic heterocycles. The van der Waals surface area contributed by atoms with Crippen molar-refractivity contribution in [3.8, 4) is 0 Å². The lowest BCUT2D eigenvalue weighted by Crippen LogP contribution is -1.98. The highest BCUT2D eigenvalue weighted by atomic mass is 79.9. The average Bonchev–Trinajstić information content (AvgIpc) is 1.91. The minimum absolute atomic E-state index is 0.389.